The van der Waals surface area contributed by atoms with E-state index in [1.54, 1.807) is 11.3 Å². The lowest BCUT2D eigenvalue weighted by Gasteiger charge is -2.35. The van der Waals surface area contributed by atoms with Crippen molar-refractivity contribution in [3.63, 3.8) is 0 Å². The van der Waals surface area contributed by atoms with E-state index in [0.717, 1.165) is 28.4 Å². The number of hydrogen-bond acceptors (Lipinski definition) is 9. The minimum atomic E-state index is -3.78. The number of non-ortho nitro benzene ring substituents is 1. The molecule has 0 atom stereocenters. The summed E-state index contributed by atoms with van der Waals surface area (Å²) in [5, 5.41) is 11.8. The Morgan fingerprint density at radius 2 is 1.79 bits per heavy atom. The number of benzene rings is 2. The number of fused-ring (bicyclic) bond motifs is 1. The van der Waals surface area contributed by atoms with Crippen LogP contribution in [0.3, 0.4) is 0 Å². The van der Waals surface area contributed by atoms with Crippen LogP contribution in [0, 0.1) is 17.0 Å². The molecule has 0 bridgehead atoms. The van der Waals surface area contributed by atoms with Gasteiger partial charge in [-0.15, -0.1) is 0 Å². The summed E-state index contributed by atoms with van der Waals surface area (Å²) in [4.78, 5) is 31.8. The molecule has 2 fully saturated rings. The molecule has 0 spiro atoms. The largest absolute Gasteiger partial charge is 0.368 e. The van der Waals surface area contributed by atoms with E-state index in [0.29, 0.717) is 38.8 Å². The number of thiazole rings is 1. The van der Waals surface area contributed by atoms with Crippen molar-refractivity contribution in [2.24, 2.45) is 0 Å². The van der Waals surface area contributed by atoms with Gasteiger partial charge in [0.25, 0.3) is 5.69 Å². The summed E-state index contributed by atoms with van der Waals surface area (Å²) >= 11 is 1.67. The molecule has 1 saturated heterocycles. The highest BCUT2D eigenvalue weighted by molar-refractivity contribution is 7.89. The fraction of sp³-hybridized carbons (Fsp3) is 0.462. The van der Waals surface area contributed by atoms with E-state index < -0.39 is 14.9 Å². The highest BCUT2D eigenvalue weighted by atomic mass is 32.2. The van der Waals surface area contributed by atoms with Crippen LogP contribution >= 0.6 is 11.3 Å². The smallest absolute Gasteiger partial charge is 0.269 e. The van der Waals surface area contributed by atoms with Crippen molar-refractivity contribution >= 4 is 48.3 Å². The first-order chi connectivity index (χ1) is 18.7. The third kappa shape index (κ3) is 6.55. The third-order valence-corrected chi connectivity index (χ3v) is 9.86. The Hall–Kier alpha value is -3.13. The summed E-state index contributed by atoms with van der Waals surface area (Å²) in [5.74, 6) is -0.0319. The van der Waals surface area contributed by atoms with Crippen LogP contribution in [0.5, 0.6) is 0 Å². The van der Waals surface area contributed by atoms with Crippen LogP contribution in [-0.4, -0.2) is 74.1 Å². The van der Waals surface area contributed by atoms with Gasteiger partial charge in [-0.3, -0.25) is 14.9 Å². The molecule has 1 aliphatic carbocycles. The maximum absolute atomic E-state index is 12.8. The molecule has 2 aliphatic rings. The van der Waals surface area contributed by atoms with Crippen LogP contribution in [0.15, 0.2) is 47.4 Å². The lowest BCUT2D eigenvalue weighted by molar-refractivity contribution is -0.384. The number of ether oxygens (including phenoxy) is 1. The maximum atomic E-state index is 12.8. The molecule has 5 rings (SSSR count). The second-order valence-electron chi connectivity index (χ2n) is 9.99. The Labute approximate surface area is 231 Å². The zero-order chi connectivity index (χ0) is 27.6. The Kier molecular flexibility index (Phi) is 8.12. The summed E-state index contributed by atoms with van der Waals surface area (Å²) in [6.07, 6.45) is 2.37. The predicted octanol–water partition coefficient (Wildman–Crippen LogP) is 3.47. The van der Waals surface area contributed by atoms with E-state index in [4.69, 9.17) is 9.72 Å². The molecular formula is C26H31N5O6S2. The Balaban J connectivity index is 1.04. The molecule has 2 heterocycles. The average Bonchev–Trinajstić information content (AvgIpc) is 3.36. The van der Waals surface area contributed by atoms with Crippen molar-refractivity contribution in [1.29, 1.82) is 0 Å². The molecule has 1 aromatic heterocycles. The molecule has 39 heavy (non-hydrogen) atoms. The van der Waals surface area contributed by atoms with E-state index in [2.05, 4.69) is 34.7 Å². The first-order valence-electron chi connectivity index (χ1n) is 13.0. The fourth-order valence-electron chi connectivity index (χ4n) is 4.97. The van der Waals surface area contributed by atoms with Crippen molar-refractivity contribution in [3.8, 4) is 0 Å². The standard InChI is InChI=1S/C26H31N5O6S2/c1-18-2-11-24-23(16-18)27-26(38-24)30-14-12-29(13-15-30)25(32)17-37-21-7-3-19(4-8-21)28-39(35,36)22-9-5-20(6-10-22)31(33)34/h2,5-6,9-11,16,19,21,28H,3-4,7-8,12-15,17H2,1H3/t19-,21-. The Morgan fingerprint density at radius 1 is 1.10 bits per heavy atom. The van der Waals surface area contributed by atoms with Gasteiger partial charge in [0.1, 0.15) is 6.61 Å². The van der Waals surface area contributed by atoms with Gasteiger partial charge in [-0.1, -0.05) is 17.4 Å². The second kappa shape index (κ2) is 11.5. The molecule has 208 valence electrons. The van der Waals surface area contributed by atoms with Crippen LogP contribution in [0.2, 0.25) is 0 Å². The highest BCUT2D eigenvalue weighted by Gasteiger charge is 2.28. The molecule has 13 heteroatoms. The van der Waals surface area contributed by atoms with Gasteiger partial charge in [-0.2, -0.15) is 0 Å². The number of nitrogens with zero attached hydrogens (tertiary/aromatic N) is 4. The number of aromatic nitrogens is 1. The molecule has 3 aromatic rings. The van der Waals surface area contributed by atoms with E-state index in [9.17, 15) is 23.3 Å². The van der Waals surface area contributed by atoms with Gasteiger partial charge in [0, 0.05) is 44.4 Å². The van der Waals surface area contributed by atoms with E-state index in [1.807, 2.05) is 4.90 Å². The van der Waals surface area contributed by atoms with Gasteiger partial charge >= 0.3 is 0 Å². The quantitative estimate of drug-likeness (QED) is 0.320. The molecule has 2 aromatic carbocycles. The number of nitro groups is 1. The van der Waals surface area contributed by atoms with Crippen LogP contribution in [-0.2, 0) is 19.6 Å². The van der Waals surface area contributed by atoms with Gasteiger partial charge in [-0.25, -0.2) is 18.1 Å². The molecule has 11 nitrogen and oxygen atoms in total. The van der Waals surface area contributed by atoms with Gasteiger partial charge in [0.05, 0.1) is 26.1 Å². The van der Waals surface area contributed by atoms with Crippen molar-refractivity contribution in [2.45, 2.75) is 49.6 Å². The van der Waals surface area contributed by atoms with Crippen LogP contribution in [0.1, 0.15) is 31.2 Å². The molecule has 1 aliphatic heterocycles. The van der Waals surface area contributed by atoms with Gasteiger partial charge in [-0.05, 0) is 62.4 Å². The summed E-state index contributed by atoms with van der Waals surface area (Å²) in [6, 6.07) is 10.9. The number of carbonyl (C=O) groups is 1. The first-order valence-corrected chi connectivity index (χ1v) is 15.3. The zero-order valence-electron chi connectivity index (χ0n) is 21.6. The van der Waals surface area contributed by atoms with E-state index in [-0.39, 0.29) is 35.2 Å². The molecule has 0 unspecified atom stereocenters. The molecule has 1 N–H and O–H groups in total. The minimum absolute atomic E-state index is 0.00426. The van der Waals surface area contributed by atoms with Crippen molar-refractivity contribution < 1.29 is 22.9 Å². The third-order valence-electron chi connectivity index (χ3n) is 7.23. The van der Waals surface area contributed by atoms with Crippen molar-refractivity contribution in [1.82, 2.24) is 14.6 Å². The number of anilines is 1. The molecular weight excluding hydrogens is 542 g/mol. The number of nitrogens with one attached hydrogen (secondary N) is 1. The lowest BCUT2D eigenvalue weighted by Crippen LogP contribution is -2.50. The van der Waals surface area contributed by atoms with Crippen LogP contribution in [0.4, 0.5) is 10.8 Å². The van der Waals surface area contributed by atoms with Crippen molar-refractivity contribution in [3.05, 3.63) is 58.1 Å². The van der Waals surface area contributed by atoms with Crippen molar-refractivity contribution in [2.75, 3.05) is 37.7 Å². The number of aryl methyl sites for hydroxylation is 1. The van der Waals surface area contributed by atoms with Gasteiger partial charge < -0.3 is 14.5 Å². The highest BCUT2D eigenvalue weighted by Crippen LogP contribution is 2.30. The zero-order valence-corrected chi connectivity index (χ0v) is 23.2. The number of nitro benzene ring substituents is 1. The summed E-state index contributed by atoms with van der Waals surface area (Å²) < 4.78 is 35.1. The number of hydrogen-bond donors (Lipinski definition) is 1. The molecule has 1 amide bonds. The average molecular weight is 574 g/mol. The number of rotatable bonds is 8. The van der Waals surface area contributed by atoms with Gasteiger partial charge in [0.15, 0.2) is 5.13 Å². The molecule has 1 saturated carbocycles. The SMILES string of the molecule is Cc1ccc2sc(N3CCN(C(=O)CO[C@H]4CC[C@H](NS(=O)(=O)c5ccc([N+](=O)[O-])cc5)CC4)CC3)nc2c1. The monoisotopic (exact) mass is 573 g/mol. The summed E-state index contributed by atoms with van der Waals surface area (Å²) in [6.45, 7) is 4.77. The maximum Gasteiger partial charge on any atom is 0.269 e. The second-order valence-corrected chi connectivity index (χ2v) is 12.7. The van der Waals surface area contributed by atoms with Gasteiger partial charge in [0.2, 0.25) is 15.9 Å². The Bertz CT molecular complexity index is 1440. The minimum Gasteiger partial charge on any atom is -0.368 e. The lowest BCUT2D eigenvalue weighted by atomic mass is 9.94. The summed E-state index contributed by atoms with van der Waals surface area (Å²) in [7, 11) is -3.78. The fourth-order valence-corrected chi connectivity index (χ4v) is 7.27. The normalized spacial score (nSPS) is 20.3. The Morgan fingerprint density at radius 3 is 2.46 bits per heavy atom. The number of piperazine rings is 1. The predicted molar refractivity (Wildman–Crippen MR) is 149 cm³/mol. The number of carbonyl (C=O) groups excluding carboxylic acids is 1. The number of sulfonamides is 1. The van der Waals surface area contributed by atoms with Crippen LogP contribution < -0.4 is 9.62 Å². The van der Waals surface area contributed by atoms with E-state index in [1.165, 1.54) is 29.8 Å². The first kappa shape index (κ1) is 27.4. The molecule has 0 radical (unpaired) electrons. The van der Waals surface area contributed by atoms with Crippen LogP contribution in [0.25, 0.3) is 10.2 Å². The summed E-state index contributed by atoms with van der Waals surface area (Å²) in [5.41, 5.74) is 2.04. The number of amides is 1. The van der Waals surface area contributed by atoms with E-state index >= 15 is 0 Å². The topological polar surface area (TPSA) is 135 Å².